The van der Waals surface area contributed by atoms with Gasteiger partial charge >= 0.3 is 0 Å². The molecule has 3 heterocycles. The predicted octanol–water partition coefficient (Wildman–Crippen LogP) is 12.8. The Morgan fingerprint density at radius 1 is 0.611 bits per heavy atom. The number of hydrogen-bond acceptors (Lipinski definition) is 3. The summed E-state index contributed by atoms with van der Waals surface area (Å²) in [6.07, 6.45) is 3.99. The van der Waals surface area contributed by atoms with Gasteiger partial charge in [-0.25, -0.2) is 0 Å². The Morgan fingerprint density at radius 3 is 1.98 bits per heavy atom. The summed E-state index contributed by atoms with van der Waals surface area (Å²) in [6, 6.07) is 51.0. The first-order chi connectivity index (χ1) is 25.5. The molecule has 0 aliphatic rings. The molecular weight excluding hydrogens is 853 g/mol. The van der Waals surface area contributed by atoms with Crippen LogP contribution in [-0.2, 0) is 20.1 Å². The third-order valence-electron chi connectivity index (χ3n) is 9.98. The molecule has 1 atom stereocenters. The molecule has 0 saturated heterocycles. The van der Waals surface area contributed by atoms with Crippen molar-refractivity contribution in [1.29, 1.82) is 0 Å². The van der Waals surface area contributed by atoms with E-state index in [0.29, 0.717) is 11.8 Å². The van der Waals surface area contributed by atoms with Gasteiger partial charge in [-0.1, -0.05) is 137 Å². The van der Waals surface area contributed by atoms with E-state index in [1.807, 2.05) is 24.4 Å². The van der Waals surface area contributed by atoms with Crippen LogP contribution in [0.1, 0.15) is 54.9 Å². The zero-order chi connectivity index (χ0) is 37.1. The fraction of sp³-hybridized carbons (Fsp3) is 0.184. The molecule has 54 heavy (non-hydrogen) atoms. The first kappa shape index (κ1) is 38.8. The summed E-state index contributed by atoms with van der Waals surface area (Å²) in [7, 11) is -1.35. The molecule has 273 valence electrons. The Bertz CT molecular complexity index is 2480. The number of aromatic nitrogens is 2. The minimum Gasteiger partial charge on any atom is -0.500 e. The molecule has 3 aromatic heterocycles. The van der Waals surface area contributed by atoms with Gasteiger partial charge in [0.1, 0.15) is 5.58 Å². The van der Waals surface area contributed by atoms with Crippen LogP contribution in [0.15, 0.2) is 144 Å². The molecular formula is C49H46IrN2OSi-2. The standard InChI is InChI=1S/C31H22NO.C18H24NSi.Ir/c1-21(22-8-4-2-5-9-22)24-16-17-32-29(20-24)26-13-15-31-28(19-26)27-18-25(12-14-30(27)33-31)23-10-6-3-7-11-23;1-13(2)16-11-17(15-9-7-14(3)8-10-15)19-12-18(16)20(4,5)6;/h2-12,14-21H,1H3;7-9,11-13H,1-6H3;/q2*-1;. The molecule has 0 bridgehead atoms. The van der Waals surface area contributed by atoms with Gasteiger partial charge in [-0.2, -0.15) is 0 Å². The van der Waals surface area contributed by atoms with Gasteiger partial charge in [0.2, 0.25) is 0 Å². The molecule has 1 unspecified atom stereocenters. The van der Waals surface area contributed by atoms with E-state index < -0.39 is 8.07 Å². The van der Waals surface area contributed by atoms with E-state index in [1.165, 1.54) is 38.6 Å². The Morgan fingerprint density at radius 2 is 1.30 bits per heavy atom. The number of furan rings is 1. The number of rotatable bonds is 7. The van der Waals surface area contributed by atoms with Crippen LogP contribution in [-0.4, -0.2) is 18.0 Å². The fourth-order valence-corrected chi connectivity index (χ4v) is 8.54. The molecule has 0 aliphatic carbocycles. The topological polar surface area (TPSA) is 38.9 Å². The van der Waals surface area contributed by atoms with E-state index in [-0.39, 0.29) is 20.1 Å². The Labute approximate surface area is 334 Å². The van der Waals surface area contributed by atoms with Crippen LogP contribution in [0.4, 0.5) is 0 Å². The number of pyridine rings is 2. The van der Waals surface area contributed by atoms with Gasteiger partial charge < -0.3 is 14.4 Å². The van der Waals surface area contributed by atoms with E-state index in [1.54, 1.807) is 0 Å². The van der Waals surface area contributed by atoms with Crippen LogP contribution in [0.2, 0.25) is 19.6 Å². The van der Waals surface area contributed by atoms with E-state index in [4.69, 9.17) is 9.40 Å². The summed E-state index contributed by atoms with van der Waals surface area (Å²) in [5, 5.41) is 3.67. The fourth-order valence-electron chi connectivity index (χ4n) is 6.86. The second-order valence-corrected chi connectivity index (χ2v) is 20.3. The van der Waals surface area contributed by atoms with E-state index in [2.05, 4.69) is 180 Å². The Hall–Kier alpha value is -4.93. The van der Waals surface area contributed by atoms with Gasteiger partial charge in [-0.3, -0.25) is 0 Å². The molecule has 0 N–H and O–H groups in total. The Kier molecular flexibility index (Phi) is 11.9. The van der Waals surface area contributed by atoms with Crippen LogP contribution in [0.25, 0.3) is 55.6 Å². The normalized spacial score (nSPS) is 11.9. The van der Waals surface area contributed by atoms with E-state index in [9.17, 15) is 0 Å². The van der Waals surface area contributed by atoms with Crippen LogP contribution in [0.3, 0.4) is 0 Å². The zero-order valence-corrected chi connectivity index (χ0v) is 35.5. The molecule has 1 radical (unpaired) electrons. The molecule has 5 heteroatoms. The molecule has 0 aliphatic heterocycles. The van der Waals surface area contributed by atoms with Crippen LogP contribution >= 0.6 is 0 Å². The molecule has 0 spiro atoms. The summed E-state index contributed by atoms with van der Waals surface area (Å²) in [5.41, 5.74) is 13.3. The summed E-state index contributed by atoms with van der Waals surface area (Å²) >= 11 is 0. The van der Waals surface area contributed by atoms with Crippen molar-refractivity contribution in [3.8, 4) is 33.6 Å². The quantitative estimate of drug-likeness (QED) is 0.118. The van der Waals surface area contributed by atoms with Crippen molar-refractivity contribution in [2.24, 2.45) is 0 Å². The number of hydrogen-bond donors (Lipinski definition) is 0. The Balaban J connectivity index is 0.000000205. The van der Waals surface area contributed by atoms with Gasteiger partial charge in [-0.05, 0) is 62.9 Å². The third kappa shape index (κ3) is 8.55. The van der Waals surface area contributed by atoms with Crippen molar-refractivity contribution in [3.63, 3.8) is 0 Å². The summed E-state index contributed by atoms with van der Waals surface area (Å²) < 4.78 is 6.10. The second kappa shape index (κ2) is 16.6. The molecule has 0 fully saturated rings. The number of aryl methyl sites for hydroxylation is 1. The summed E-state index contributed by atoms with van der Waals surface area (Å²) in [4.78, 5) is 9.35. The summed E-state index contributed by atoms with van der Waals surface area (Å²) in [5.74, 6) is 0.823. The third-order valence-corrected chi connectivity index (χ3v) is 12.0. The van der Waals surface area contributed by atoms with Crippen molar-refractivity contribution in [2.45, 2.75) is 59.2 Å². The van der Waals surface area contributed by atoms with Gasteiger partial charge in [-0.15, -0.1) is 59.2 Å². The van der Waals surface area contributed by atoms with Gasteiger partial charge in [0.15, 0.2) is 0 Å². The van der Waals surface area contributed by atoms with Gasteiger partial charge in [0, 0.05) is 43.8 Å². The number of nitrogens with zero attached hydrogens (tertiary/aromatic N) is 2. The van der Waals surface area contributed by atoms with Crippen LogP contribution < -0.4 is 5.19 Å². The largest absolute Gasteiger partial charge is 0.500 e. The van der Waals surface area contributed by atoms with Crippen LogP contribution in [0.5, 0.6) is 0 Å². The van der Waals surface area contributed by atoms with Crippen molar-refractivity contribution in [1.82, 2.24) is 9.97 Å². The molecule has 8 rings (SSSR count). The van der Waals surface area contributed by atoms with E-state index >= 15 is 0 Å². The summed E-state index contributed by atoms with van der Waals surface area (Å²) in [6.45, 7) is 16.0. The molecule has 8 aromatic rings. The molecule has 0 amide bonds. The maximum Gasteiger partial charge on any atom is 0.121 e. The van der Waals surface area contributed by atoms with Crippen molar-refractivity contribution in [3.05, 3.63) is 174 Å². The van der Waals surface area contributed by atoms with E-state index in [0.717, 1.165) is 44.5 Å². The monoisotopic (exact) mass is 899 g/mol. The zero-order valence-electron chi connectivity index (χ0n) is 32.1. The molecule has 5 aromatic carbocycles. The van der Waals surface area contributed by atoms with Crippen molar-refractivity contribution < 1.29 is 24.5 Å². The first-order valence-corrected chi connectivity index (χ1v) is 22.0. The van der Waals surface area contributed by atoms with Gasteiger partial charge in [0.05, 0.1) is 13.7 Å². The number of fused-ring (bicyclic) bond motifs is 3. The first-order valence-electron chi connectivity index (χ1n) is 18.5. The van der Waals surface area contributed by atoms with Crippen molar-refractivity contribution >= 4 is 35.2 Å². The average Bonchev–Trinajstić information content (AvgIpc) is 3.55. The second-order valence-electron chi connectivity index (χ2n) is 15.3. The minimum atomic E-state index is -1.35. The smallest absolute Gasteiger partial charge is 0.121 e. The predicted molar refractivity (Wildman–Crippen MR) is 225 cm³/mol. The van der Waals surface area contributed by atoms with Crippen LogP contribution in [0, 0.1) is 19.1 Å². The maximum atomic E-state index is 6.10. The average molecular weight is 899 g/mol. The molecule has 0 saturated carbocycles. The maximum absolute atomic E-state index is 6.10. The number of benzene rings is 5. The van der Waals surface area contributed by atoms with Crippen molar-refractivity contribution in [2.75, 3.05) is 0 Å². The minimum absolute atomic E-state index is 0. The molecule has 3 nitrogen and oxygen atoms in total. The van der Waals surface area contributed by atoms with Gasteiger partial charge in [0.25, 0.3) is 0 Å². The SMILES string of the molecule is CC(c1ccccc1)c1ccnc(-c2[c-]cc3oc4ccc(-c5ccccc5)cc4c3c2)c1.Cc1c[c-]c(-c2cc(C(C)C)c([Si](C)(C)C)cn2)cc1.[Ir].